The Kier molecular flexibility index (Phi) is 4.41. The topological polar surface area (TPSA) is 29.5 Å². The predicted molar refractivity (Wildman–Crippen MR) is 68.2 cm³/mol. The fourth-order valence-electron chi connectivity index (χ4n) is 0.987. The molecule has 99 valence electrons. The summed E-state index contributed by atoms with van der Waals surface area (Å²) in [4.78, 5) is 0. The van der Waals surface area contributed by atoms with Gasteiger partial charge in [-0.3, -0.25) is 0 Å². The van der Waals surface area contributed by atoms with Crippen LogP contribution in [0.15, 0.2) is 12.1 Å². The first-order chi connectivity index (χ1) is 8.06. The fourth-order valence-corrected chi connectivity index (χ4v) is 1.13. The van der Waals surface area contributed by atoms with Crippen LogP contribution in [0.4, 0.5) is 8.78 Å². The standard InChI is InChI=1S/C12H15BClF2O2/c1-11(2,17)12(3,4)18-13-7-5-6-8(14)10(16)9(7)15/h5-6,17H,1-4H3. The van der Waals surface area contributed by atoms with E-state index in [2.05, 4.69) is 0 Å². The van der Waals surface area contributed by atoms with E-state index in [-0.39, 0.29) is 10.5 Å². The van der Waals surface area contributed by atoms with E-state index in [0.717, 1.165) is 7.48 Å². The summed E-state index contributed by atoms with van der Waals surface area (Å²) < 4.78 is 32.0. The van der Waals surface area contributed by atoms with Crippen LogP contribution in [0.1, 0.15) is 27.7 Å². The van der Waals surface area contributed by atoms with Gasteiger partial charge in [0.25, 0.3) is 0 Å². The predicted octanol–water partition coefficient (Wildman–Crippen LogP) is 2.43. The molecule has 1 radical (unpaired) electrons. The molecule has 0 saturated heterocycles. The van der Waals surface area contributed by atoms with E-state index in [0.29, 0.717) is 0 Å². The normalized spacial score (nSPS) is 12.7. The van der Waals surface area contributed by atoms with E-state index in [1.807, 2.05) is 0 Å². The lowest BCUT2D eigenvalue weighted by Crippen LogP contribution is -2.49. The molecule has 18 heavy (non-hydrogen) atoms. The lowest BCUT2D eigenvalue weighted by molar-refractivity contribution is -0.0893. The summed E-state index contributed by atoms with van der Waals surface area (Å²) in [5, 5.41) is 9.57. The summed E-state index contributed by atoms with van der Waals surface area (Å²) in [5.74, 6) is -2.19. The van der Waals surface area contributed by atoms with Gasteiger partial charge in [0.1, 0.15) is 0 Å². The van der Waals surface area contributed by atoms with Gasteiger partial charge in [-0.2, -0.15) is 0 Å². The molecule has 0 saturated carbocycles. The van der Waals surface area contributed by atoms with Crippen molar-refractivity contribution in [1.29, 1.82) is 0 Å². The van der Waals surface area contributed by atoms with Crippen LogP contribution in [-0.2, 0) is 4.65 Å². The number of rotatable bonds is 4. The molecule has 1 aromatic carbocycles. The molecule has 0 heterocycles. The number of hydrogen-bond donors (Lipinski definition) is 1. The Morgan fingerprint density at radius 2 is 1.72 bits per heavy atom. The third-order valence-electron chi connectivity index (χ3n) is 3.02. The van der Waals surface area contributed by atoms with Crippen molar-refractivity contribution < 1.29 is 18.5 Å². The Morgan fingerprint density at radius 1 is 1.17 bits per heavy atom. The van der Waals surface area contributed by atoms with Crippen LogP contribution in [0, 0.1) is 11.6 Å². The third kappa shape index (κ3) is 3.22. The second kappa shape index (κ2) is 5.15. The zero-order valence-electron chi connectivity index (χ0n) is 10.7. The van der Waals surface area contributed by atoms with Crippen LogP contribution in [-0.4, -0.2) is 23.8 Å². The molecule has 1 aromatic rings. The molecule has 1 N–H and O–H groups in total. The quantitative estimate of drug-likeness (QED) is 0.675. The van der Waals surface area contributed by atoms with E-state index in [4.69, 9.17) is 16.3 Å². The van der Waals surface area contributed by atoms with Gasteiger partial charge in [0.2, 0.25) is 0 Å². The van der Waals surface area contributed by atoms with Gasteiger partial charge < -0.3 is 9.76 Å². The molecule has 0 aliphatic carbocycles. The first kappa shape index (κ1) is 15.4. The third-order valence-corrected chi connectivity index (χ3v) is 3.31. The number of hydrogen-bond acceptors (Lipinski definition) is 2. The lowest BCUT2D eigenvalue weighted by Gasteiger charge is -2.37. The molecule has 0 aliphatic rings. The van der Waals surface area contributed by atoms with Crippen LogP contribution in [0.5, 0.6) is 0 Å². The van der Waals surface area contributed by atoms with Crippen LogP contribution in [0.2, 0.25) is 5.02 Å². The van der Waals surface area contributed by atoms with Gasteiger partial charge in [0.05, 0.1) is 16.2 Å². The summed E-state index contributed by atoms with van der Waals surface area (Å²) in [5.41, 5.74) is -2.14. The summed E-state index contributed by atoms with van der Waals surface area (Å²) in [6, 6.07) is 2.55. The second-order valence-corrected chi connectivity index (χ2v) is 5.48. The Hall–Kier alpha value is -0.645. The zero-order chi connectivity index (χ0) is 14.1. The van der Waals surface area contributed by atoms with Crippen molar-refractivity contribution in [2.24, 2.45) is 0 Å². The maximum atomic E-state index is 13.5. The minimum absolute atomic E-state index is 0.0609. The van der Waals surface area contributed by atoms with Gasteiger partial charge in [-0.25, -0.2) is 8.78 Å². The molecule has 0 spiro atoms. The monoisotopic (exact) mass is 275 g/mol. The maximum Gasteiger partial charge on any atom is 0.334 e. The largest absolute Gasteiger partial charge is 0.427 e. The molecule has 0 atom stereocenters. The Labute approximate surface area is 111 Å². The minimum atomic E-state index is -1.13. The van der Waals surface area contributed by atoms with Gasteiger partial charge >= 0.3 is 7.48 Å². The highest BCUT2D eigenvalue weighted by atomic mass is 35.5. The highest BCUT2D eigenvalue weighted by Crippen LogP contribution is 2.24. The molecule has 0 aliphatic heterocycles. The van der Waals surface area contributed by atoms with Crippen molar-refractivity contribution in [3.63, 3.8) is 0 Å². The van der Waals surface area contributed by atoms with Gasteiger partial charge in [-0.1, -0.05) is 17.7 Å². The van der Waals surface area contributed by atoms with Crippen molar-refractivity contribution in [2.75, 3.05) is 0 Å². The highest BCUT2D eigenvalue weighted by molar-refractivity contribution is 6.47. The van der Waals surface area contributed by atoms with E-state index in [9.17, 15) is 13.9 Å². The van der Waals surface area contributed by atoms with Crippen molar-refractivity contribution in [3.05, 3.63) is 28.8 Å². The van der Waals surface area contributed by atoms with Crippen LogP contribution < -0.4 is 5.46 Å². The maximum absolute atomic E-state index is 13.5. The molecular weight excluding hydrogens is 260 g/mol. The first-order valence-electron chi connectivity index (χ1n) is 5.43. The average Bonchev–Trinajstić information content (AvgIpc) is 2.23. The van der Waals surface area contributed by atoms with E-state index in [1.165, 1.54) is 12.1 Å². The second-order valence-electron chi connectivity index (χ2n) is 5.07. The summed E-state index contributed by atoms with van der Waals surface area (Å²) in [7, 11) is 1.08. The van der Waals surface area contributed by atoms with Crippen LogP contribution in [0.25, 0.3) is 0 Å². The van der Waals surface area contributed by atoms with Crippen molar-refractivity contribution in [2.45, 2.75) is 38.9 Å². The first-order valence-corrected chi connectivity index (χ1v) is 5.81. The molecule has 0 unspecified atom stereocenters. The molecule has 0 amide bonds. The van der Waals surface area contributed by atoms with Crippen molar-refractivity contribution >= 4 is 24.5 Å². The average molecular weight is 276 g/mol. The molecule has 2 nitrogen and oxygen atoms in total. The van der Waals surface area contributed by atoms with Gasteiger partial charge in [-0.05, 0) is 39.2 Å². The number of benzene rings is 1. The van der Waals surface area contributed by atoms with E-state index in [1.54, 1.807) is 27.7 Å². The van der Waals surface area contributed by atoms with Crippen molar-refractivity contribution in [1.82, 2.24) is 0 Å². The number of aliphatic hydroxyl groups is 1. The van der Waals surface area contributed by atoms with E-state index >= 15 is 0 Å². The smallest absolute Gasteiger partial charge is 0.334 e. The van der Waals surface area contributed by atoms with E-state index < -0.39 is 22.8 Å². The molecule has 0 fully saturated rings. The SMILES string of the molecule is CC(C)(O)C(C)(C)O[B]c1ccc(Cl)c(F)c1F. The van der Waals surface area contributed by atoms with Crippen molar-refractivity contribution in [3.8, 4) is 0 Å². The fraction of sp³-hybridized carbons (Fsp3) is 0.500. The number of halogens is 3. The molecular formula is C12H15BClF2O2. The van der Waals surface area contributed by atoms with Gasteiger partial charge in [0.15, 0.2) is 11.6 Å². The molecule has 0 bridgehead atoms. The molecule has 1 rings (SSSR count). The zero-order valence-corrected chi connectivity index (χ0v) is 11.5. The Bertz CT molecular complexity index is 444. The lowest BCUT2D eigenvalue weighted by atomic mass is 9.82. The van der Waals surface area contributed by atoms with Gasteiger partial charge in [0, 0.05) is 0 Å². The summed E-state index contributed by atoms with van der Waals surface area (Å²) in [6.07, 6.45) is 0. The highest BCUT2D eigenvalue weighted by Gasteiger charge is 2.36. The Balaban J connectivity index is 2.85. The minimum Gasteiger partial charge on any atom is -0.427 e. The molecule has 6 heteroatoms. The Morgan fingerprint density at radius 3 is 2.22 bits per heavy atom. The van der Waals surface area contributed by atoms with Gasteiger partial charge in [-0.15, -0.1) is 0 Å². The van der Waals surface area contributed by atoms with Crippen LogP contribution >= 0.6 is 11.6 Å². The summed E-state index contributed by atoms with van der Waals surface area (Å²) in [6.45, 7) is 6.43. The molecule has 0 aromatic heterocycles. The summed E-state index contributed by atoms with van der Waals surface area (Å²) >= 11 is 5.44. The van der Waals surface area contributed by atoms with Crippen LogP contribution in [0.3, 0.4) is 0 Å².